The average Bonchev–Trinajstić information content (AvgIpc) is 2.54. The van der Waals surface area contributed by atoms with Gasteiger partial charge in [0.25, 0.3) is 5.69 Å². The second-order valence-corrected chi connectivity index (χ2v) is 7.84. The minimum absolute atomic E-state index is 0.0407. The molecule has 0 saturated carbocycles. The van der Waals surface area contributed by atoms with E-state index in [1.165, 1.54) is 18.2 Å². The topological polar surface area (TPSA) is 110 Å². The van der Waals surface area contributed by atoms with Gasteiger partial charge in [-0.15, -0.1) is 0 Å². The molecule has 0 saturated heterocycles. The van der Waals surface area contributed by atoms with E-state index in [0.29, 0.717) is 10.2 Å². The normalized spacial score (nSPS) is 11.0. The second-order valence-electron chi connectivity index (χ2n) is 5.07. The van der Waals surface area contributed by atoms with Crippen molar-refractivity contribution in [1.82, 2.24) is 0 Å². The van der Waals surface area contributed by atoms with Crippen LogP contribution in [0.2, 0.25) is 0 Å². The Kier molecular flexibility index (Phi) is 5.75. The number of amides is 1. The fourth-order valence-electron chi connectivity index (χ4n) is 2.04. The van der Waals surface area contributed by atoms with E-state index in [4.69, 9.17) is 0 Å². The van der Waals surface area contributed by atoms with Crippen molar-refractivity contribution in [2.24, 2.45) is 0 Å². The van der Waals surface area contributed by atoms with Crippen LogP contribution in [0.3, 0.4) is 0 Å². The third-order valence-electron chi connectivity index (χ3n) is 3.16. The maximum absolute atomic E-state index is 12.2. The molecule has 2 rings (SSSR count). The molecule has 0 unspecified atom stereocenters. The molecule has 1 N–H and O–H groups in total. The van der Waals surface area contributed by atoms with Crippen LogP contribution >= 0.6 is 15.9 Å². The smallest absolute Gasteiger partial charge is 0.271 e. The predicted octanol–water partition coefficient (Wildman–Crippen LogP) is 2.76. The highest BCUT2D eigenvalue weighted by atomic mass is 79.9. The summed E-state index contributed by atoms with van der Waals surface area (Å²) in [6, 6.07) is 12.0. The molecule has 1 amide bonds. The Labute approximate surface area is 152 Å². The van der Waals surface area contributed by atoms with Crippen LogP contribution in [0.25, 0.3) is 0 Å². The molecule has 0 aliphatic rings. The summed E-state index contributed by atoms with van der Waals surface area (Å²) < 4.78 is 25.5. The van der Waals surface area contributed by atoms with Gasteiger partial charge in [0.2, 0.25) is 15.9 Å². The summed E-state index contributed by atoms with van der Waals surface area (Å²) in [5.41, 5.74) is 0.260. The van der Waals surface area contributed by atoms with Crippen molar-refractivity contribution in [3.8, 4) is 0 Å². The molecule has 8 nitrogen and oxygen atoms in total. The van der Waals surface area contributed by atoms with Crippen LogP contribution < -0.4 is 9.62 Å². The molecule has 2 aromatic carbocycles. The Hall–Kier alpha value is -2.46. The number of anilines is 2. The van der Waals surface area contributed by atoms with Gasteiger partial charge in [0.15, 0.2) is 0 Å². The monoisotopic (exact) mass is 427 g/mol. The highest BCUT2D eigenvalue weighted by Gasteiger charge is 2.22. The minimum Gasteiger partial charge on any atom is -0.323 e. The van der Waals surface area contributed by atoms with Gasteiger partial charge in [0.1, 0.15) is 6.54 Å². The van der Waals surface area contributed by atoms with Crippen LogP contribution in [0.15, 0.2) is 53.0 Å². The minimum atomic E-state index is -3.82. The zero-order chi connectivity index (χ0) is 18.6. The molecule has 0 atom stereocenters. The zero-order valence-corrected chi connectivity index (χ0v) is 15.5. The van der Waals surface area contributed by atoms with E-state index in [2.05, 4.69) is 21.2 Å². The lowest BCUT2D eigenvalue weighted by Gasteiger charge is -2.21. The highest BCUT2D eigenvalue weighted by Crippen LogP contribution is 2.24. The Balaban J connectivity index is 2.27. The van der Waals surface area contributed by atoms with Crippen molar-refractivity contribution < 1.29 is 18.1 Å². The van der Waals surface area contributed by atoms with E-state index in [0.717, 1.165) is 16.6 Å². The van der Waals surface area contributed by atoms with Gasteiger partial charge >= 0.3 is 0 Å². The van der Waals surface area contributed by atoms with Gasteiger partial charge in [-0.3, -0.25) is 19.2 Å². The number of nitro benzene ring substituents is 1. The molecule has 0 fully saturated rings. The maximum Gasteiger partial charge on any atom is 0.271 e. The van der Waals surface area contributed by atoms with Crippen molar-refractivity contribution in [3.63, 3.8) is 0 Å². The first-order valence-electron chi connectivity index (χ1n) is 6.95. The summed E-state index contributed by atoms with van der Waals surface area (Å²) in [4.78, 5) is 22.5. The fraction of sp³-hybridized carbons (Fsp3) is 0.133. The average molecular weight is 428 g/mol. The van der Waals surface area contributed by atoms with E-state index in [1.807, 2.05) is 0 Å². The molecule has 132 valence electrons. The van der Waals surface area contributed by atoms with Crippen LogP contribution in [0.1, 0.15) is 0 Å². The molecular weight excluding hydrogens is 414 g/mol. The van der Waals surface area contributed by atoms with Gasteiger partial charge < -0.3 is 5.32 Å². The maximum atomic E-state index is 12.2. The fourth-order valence-corrected chi connectivity index (χ4v) is 3.28. The number of nitrogens with zero attached hydrogens (tertiary/aromatic N) is 2. The summed E-state index contributed by atoms with van der Waals surface area (Å²) in [5, 5.41) is 13.5. The number of carbonyl (C=O) groups is 1. The number of halogens is 1. The number of nitrogens with one attached hydrogen (secondary N) is 1. The largest absolute Gasteiger partial charge is 0.323 e. The van der Waals surface area contributed by atoms with Crippen LogP contribution in [0, 0.1) is 10.1 Å². The molecule has 0 aliphatic carbocycles. The van der Waals surface area contributed by atoms with Gasteiger partial charge in [0.05, 0.1) is 22.6 Å². The standard InChI is InChI=1S/C15H14BrN3O5S/c1-25(23,24)18(11-5-4-6-12(9-11)19(21)22)10-15(20)17-14-8-3-2-7-13(14)16/h2-9H,10H2,1H3,(H,17,20). The molecule has 25 heavy (non-hydrogen) atoms. The Morgan fingerprint density at radius 3 is 2.52 bits per heavy atom. The summed E-state index contributed by atoms with van der Waals surface area (Å²) in [5.74, 6) is -0.580. The van der Waals surface area contributed by atoms with E-state index in [9.17, 15) is 23.3 Å². The zero-order valence-electron chi connectivity index (χ0n) is 13.0. The number of hydrogen-bond acceptors (Lipinski definition) is 5. The number of benzene rings is 2. The van der Waals surface area contributed by atoms with E-state index < -0.39 is 27.4 Å². The van der Waals surface area contributed by atoms with Crippen LogP contribution in [0.5, 0.6) is 0 Å². The number of nitro groups is 1. The van der Waals surface area contributed by atoms with Crippen LogP contribution in [-0.4, -0.2) is 32.0 Å². The molecule has 0 aliphatic heterocycles. The number of sulfonamides is 1. The third kappa shape index (κ3) is 5.00. The number of rotatable bonds is 6. The lowest BCUT2D eigenvalue weighted by molar-refractivity contribution is -0.384. The van der Waals surface area contributed by atoms with E-state index in [-0.39, 0.29) is 11.4 Å². The molecule has 0 heterocycles. The number of para-hydroxylation sites is 1. The van der Waals surface area contributed by atoms with Crippen molar-refractivity contribution in [2.75, 3.05) is 22.4 Å². The van der Waals surface area contributed by atoms with E-state index >= 15 is 0 Å². The molecule has 0 bridgehead atoms. The Morgan fingerprint density at radius 1 is 1.24 bits per heavy atom. The number of hydrogen-bond donors (Lipinski definition) is 1. The number of carbonyl (C=O) groups excluding carboxylic acids is 1. The van der Waals surface area contributed by atoms with Crippen molar-refractivity contribution in [1.29, 1.82) is 0 Å². The van der Waals surface area contributed by atoms with Gasteiger partial charge in [0, 0.05) is 16.6 Å². The Bertz CT molecular complexity index is 917. The second kappa shape index (κ2) is 7.62. The van der Waals surface area contributed by atoms with Crippen molar-refractivity contribution in [2.45, 2.75) is 0 Å². The molecule has 0 aromatic heterocycles. The van der Waals surface area contributed by atoms with E-state index in [1.54, 1.807) is 24.3 Å². The SMILES string of the molecule is CS(=O)(=O)N(CC(=O)Nc1ccccc1Br)c1cccc([N+](=O)[O-])c1. The van der Waals surface area contributed by atoms with Gasteiger partial charge in [-0.2, -0.15) is 0 Å². The van der Waals surface area contributed by atoms with Crippen molar-refractivity contribution >= 4 is 48.9 Å². The molecule has 2 aromatic rings. The lowest BCUT2D eigenvalue weighted by Crippen LogP contribution is -2.37. The third-order valence-corrected chi connectivity index (χ3v) is 5.00. The predicted molar refractivity (Wildman–Crippen MR) is 98.1 cm³/mol. The van der Waals surface area contributed by atoms with Crippen LogP contribution in [-0.2, 0) is 14.8 Å². The molecule has 10 heteroatoms. The first kappa shape index (κ1) is 18.9. The Morgan fingerprint density at radius 2 is 1.92 bits per heavy atom. The van der Waals surface area contributed by atoms with Gasteiger partial charge in [-0.1, -0.05) is 18.2 Å². The van der Waals surface area contributed by atoms with Gasteiger partial charge in [-0.05, 0) is 34.1 Å². The lowest BCUT2D eigenvalue weighted by atomic mass is 10.3. The number of non-ortho nitro benzene ring substituents is 1. The summed E-state index contributed by atoms with van der Waals surface area (Å²) in [6.45, 7) is -0.513. The van der Waals surface area contributed by atoms with Crippen LogP contribution in [0.4, 0.5) is 17.1 Å². The summed E-state index contributed by atoms with van der Waals surface area (Å²) in [7, 11) is -3.82. The highest BCUT2D eigenvalue weighted by molar-refractivity contribution is 9.10. The molecule has 0 spiro atoms. The van der Waals surface area contributed by atoms with Gasteiger partial charge in [-0.25, -0.2) is 8.42 Å². The summed E-state index contributed by atoms with van der Waals surface area (Å²) >= 11 is 3.28. The summed E-state index contributed by atoms with van der Waals surface area (Å²) in [6.07, 6.45) is 0.928. The first-order valence-corrected chi connectivity index (χ1v) is 9.59. The molecular formula is C15H14BrN3O5S. The molecule has 0 radical (unpaired) electrons. The first-order chi connectivity index (χ1) is 11.7. The quantitative estimate of drug-likeness (QED) is 0.562. The van der Waals surface area contributed by atoms with Crippen molar-refractivity contribution in [3.05, 3.63) is 63.1 Å².